The van der Waals surface area contributed by atoms with Crippen LogP contribution in [0, 0.1) is 0 Å². The summed E-state index contributed by atoms with van der Waals surface area (Å²) in [7, 11) is 0. The number of esters is 1. The van der Waals surface area contributed by atoms with E-state index in [0.29, 0.717) is 4.57 Å². The van der Waals surface area contributed by atoms with Gasteiger partial charge in [-0.3, -0.25) is 0 Å². The standard InChI is InChI=1S/C13H18N2O6Se/c1-2-3-8(16)20-4-7-9(17)10(18)11(21-7)13-15-6(5-22-13)12(14)19/h5,7,9-11,17-18H,2-4H2,1H3,(H2,14,19)/t7-,9-,10-,11?/m1/s1/i2D/t2?,7-,9-,10-,11?. The van der Waals surface area contributed by atoms with Crippen LogP contribution in [0.1, 0.15) is 42.3 Å². The number of aliphatic hydroxyl groups excluding tert-OH is 2. The number of aromatic nitrogens is 1. The first-order valence-electron chi connectivity index (χ1n) is 7.22. The Balaban J connectivity index is 1.97. The Hall–Kier alpha value is -1.25. The number of rotatable bonds is 6. The second-order valence-electron chi connectivity index (χ2n) is 4.81. The van der Waals surface area contributed by atoms with E-state index in [1.54, 1.807) is 11.9 Å². The Bertz CT molecular complexity index is 581. The molecule has 2 rings (SSSR count). The number of nitrogens with zero attached hydrogens (tertiary/aromatic N) is 1. The van der Waals surface area contributed by atoms with Crippen molar-refractivity contribution >= 4 is 26.4 Å². The zero-order valence-electron chi connectivity index (χ0n) is 12.8. The maximum absolute atomic E-state index is 11.4. The third kappa shape index (κ3) is 3.74. The number of nitrogens with two attached hydrogens (primary N) is 1. The van der Waals surface area contributed by atoms with Gasteiger partial charge in [-0.2, -0.15) is 0 Å². The minimum atomic E-state index is -1.24. The van der Waals surface area contributed by atoms with Gasteiger partial charge in [-0.25, -0.2) is 0 Å². The Morgan fingerprint density at radius 3 is 2.86 bits per heavy atom. The first-order chi connectivity index (χ1) is 10.8. The van der Waals surface area contributed by atoms with Gasteiger partial charge in [0.1, 0.15) is 0 Å². The quantitative estimate of drug-likeness (QED) is 0.416. The van der Waals surface area contributed by atoms with E-state index in [0.717, 1.165) is 0 Å². The molecule has 122 valence electrons. The van der Waals surface area contributed by atoms with Crippen molar-refractivity contribution in [3.8, 4) is 0 Å². The molecule has 8 nitrogen and oxygen atoms in total. The van der Waals surface area contributed by atoms with Crippen molar-refractivity contribution in [3.05, 3.63) is 15.2 Å². The molecule has 1 aromatic heterocycles. The van der Waals surface area contributed by atoms with Gasteiger partial charge >= 0.3 is 134 Å². The normalized spacial score (nSPS) is 29.9. The molecule has 0 spiro atoms. The zero-order chi connectivity index (χ0) is 17.1. The fourth-order valence-corrected chi connectivity index (χ4v) is 3.87. The van der Waals surface area contributed by atoms with Crippen molar-refractivity contribution in [1.29, 1.82) is 0 Å². The van der Waals surface area contributed by atoms with E-state index in [4.69, 9.17) is 16.6 Å². The van der Waals surface area contributed by atoms with Crippen LogP contribution in [0.15, 0.2) is 4.94 Å². The summed E-state index contributed by atoms with van der Waals surface area (Å²) in [5.41, 5.74) is 5.25. The monoisotopic (exact) mass is 379 g/mol. The first-order valence-corrected chi connectivity index (χ1v) is 8.48. The van der Waals surface area contributed by atoms with E-state index in [2.05, 4.69) is 4.98 Å². The Morgan fingerprint density at radius 2 is 2.27 bits per heavy atom. The first kappa shape index (κ1) is 15.6. The molecular formula is C13H18N2O6Se. The summed E-state index contributed by atoms with van der Waals surface area (Å²) in [5, 5.41) is 20.1. The second kappa shape index (κ2) is 7.34. The minimum absolute atomic E-state index is 0.0590. The summed E-state index contributed by atoms with van der Waals surface area (Å²) in [6.45, 7) is 1.34. The van der Waals surface area contributed by atoms with Crippen molar-refractivity contribution in [3.63, 3.8) is 0 Å². The van der Waals surface area contributed by atoms with Crippen molar-refractivity contribution in [2.45, 2.75) is 44.2 Å². The van der Waals surface area contributed by atoms with E-state index < -0.39 is 42.7 Å². The van der Waals surface area contributed by atoms with Crippen LogP contribution in [0.3, 0.4) is 0 Å². The average molecular weight is 378 g/mol. The molecule has 0 aromatic carbocycles. The van der Waals surface area contributed by atoms with Gasteiger partial charge in [0, 0.05) is 0 Å². The second-order valence-corrected chi connectivity index (χ2v) is 6.67. The van der Waals surface area contributed by atoms with Gasteiger partial charge in [0.25, 0.3) is 0 Å². The van der Waals surface area contributed by atoms with E-state index in [-0.39, 0.29) is 33.2 Å². The van der Waals surface area contributed by atoms with Gasteiger partial charge in [0.2, 0.25) is 0 Å². The average Bonchev–Trinajstić information content (AvgIpc) is 3.04. The number of hydrogen-bond acceptors (Lipinski definition) is 7. The van der Waals surface area contributed by atoms with Gasteiger partial charge in [-0.1, -0.05) is 0 Å². The molecule has 1 aliphatic rings. The summed E-state index contributed by atoms with van der Waals surface area (Å²) in [4.78, 5) is 28.1. The van der Waals surface area contributed by atoms with Crippen LogP contribution < -0.4 is 5.73 Å². The van der Waals surface area contributed by atoms with Crippen LogP contribution in [0.4, 0.5) is 0 Å². The molecular weight excluding hydrogens is 359 g/mol. The molecule has 0 bridgehead atoms. The van der Waals surface area contributed by atoms with Crippen LogP contribution in [0.2, 0.25) is 0 Å². The van der Waals surface area contributed by atoms with Gasteiger partial charge in [0.15, 0.2) is 0 Å². The van der Waals surface area contributed by atoms with Crippen LogP contribution in [-0.4, -0.2) is 66.5 Å². The van der Waals surface area contributed by atoms with Crippen LogP contribution in [0.5, 0.6) is 0 Å². The Morgan fingerprint density at radius 1 is 1.55 bits per heavy atom. The number of carbonyl (C=O) groups is 2. The fraction of sp³-hybridized carbons (Fsp3) is 0.615. The zero-order valence-corrected chi connectivity index (χ0v) is 13.6. The van der Waals surface area contributed by atoms with Gasteiger partial charge < -0.3 is 0 Å². The number of amides is 1. The van der Waals surface area contributed by atoms with Crippen molar-refractivity contribution in [2.75, 3.05) is 6.61 Å². The Kier molecular flexibility index (Phi) is 5.22. The SMILES string of the molecule is [2H]C(C)CC(=O)OC[C@H]1OC(c2nc(C(N)=O)c[se]2)[C@H](O)[C@@H]1O. The van der Waals surface area contributed by atoms with Crippen molar-refractivity contribution in [2.24, 2.45) is 5.73 Å². The molecule has 2 unspecified atom stereocenters. The third-order valence-corrected chi connectivity index (χ3v) is 5.06. The van der Waals surface area contributed by atoms with Crippen LogP contribution >= 0.6 is 0 Å². The van der Waals surface area contributed by atoms with Crippen molar-refractivity contribution in [1.82, 2.24) is 4.98 Å². The third-order valence-electron chi connectivity index (χ3n) is 3.16. The molecule has 1 amide bonds. The molecule has 0 saturated carbocycles. The molecule has 9 heteroatoms. The maximum atomic E-state index is 11.4. The molecule has 1 saturated heterocycles. The Labute approximate surface area is 134 Å². The molecule has 1 aromatic rings. The number of primary amides is 1. The molecule has 4 N–H and O–H groups in total. The molecule has 1 aliphatic heterocycles. The molecule has 1 fully saturated rings. The van der Waals surface area contributed by atoms with E-state index in [1.165, 1.54) is 0 Å². The fourth-order valence-electron chi connectivity index (χ4n) is 2.02. The molecule has 0 aliphatic carbocycles. The summed E-state index contributed by atoms with van der Waals surface area (Å²) < 4.78 is 18.2. The molecule has 22 heavy (non-hydrogen) atoms. The van der Waals surface area contributed by atoms with E-state index >= 15 is 0 Å². The summed E-state index contributed by atoms with van der Waals surface area (Å²) >= 11 is -0.304. The number of hydrogen-bond donors (Lipinski definition) is 3. The van der Waals surface area contributed by atoms with E-state index in [9.17, 15) is 19.8 Å². The van der Waals surface area contributed by atoms with Crippen LogP contribution in [0.25, 0.3) is 0 Å². The predicted octanol–water partition coefficient (Wildman–Crippen LogP) is -1.26. The van der Waals surface area contributed by atoms with Gasteiger partial charge in [0.05, 0.1) is 0 Å². The van der Waals surface area contributed by atoms with E-state index in [1.807, 2.05) is 0 Å². The molecule has 2 heterocycles. The number of carbonyl (C=O) groups excluding carboxylic acids is 2. The predicted molar refractivity (Wildman–Crippen MR) is 75.2 cm³/mol. The number of ether oxygens (including phenoxy) is 2. The van der Waals surface area contributed by atoms with Crippen molar-refractivity contribution < 1.29 is 30.6 Å². The molecule has 5 atom stereocenters. The summed E-state index contributed by atoms with van der Waals surface area (Å²) in [6, 6.07) is 0. The summed E-state index contributed by atoms with van der Waals surface area (Å²) in [6.07, 6.45) is -4.86. The molecule has 0 radical (unpaired) electrons. The van der Waals surface area contributed by atoms with Gasteiger partial charge in [-0.15, -0.1) is 0 Å². The van der Waals surface area contributed by atoms with Gasteiger partial charge in [-0.05, 0) is 0 Å². The number of aliphatic hydroxyl groups is 2. The topological polar surface area (TPSA) is 132 Å². The van der Waals surface area contributed by atoms with Crippen LogP contribution in [-0.2, 0) is 14.3 Å². The summed E-state index contributed by atoms with van der Waals surface area (Å²) in [5.74, 6) is -1.23.